The highest BCUT2D eigenvalue weighted by molar-refractivity contribution is 5.94. The van der Waals surface area contributed by atoms with E-state index in [1.807, 2.05) is 41.5 Å². The largest absolute Gasteiger partial charge is 0.460 e. The van der Waals surface area contributed by atoms with Gasteiger partial charge in [-0.1, -0.05) is 13.8 Å². The fourth-order valence-electron chi connectivity index (χ4n) is 4.56. The maximum absolute atomic E-state index is 13.6. The van der Waals surface area contributed by atoms with Crippen LogP contribution in [0, 0.1) is 5.92 Å². The molecule has 0 aromatic heterocycles. The van der Waals surface area contributed by atoms with E-state index in [2.05, 4.69) is 16.0 Å². The predicted molar refractivity (Wildman–Crippen MR) is 153 cm³/mol. The molecule has 12 nitrogen and oxygen atoms in total. The van der Waals surface area contributed by atoms with Crippen LogP contribution in [-0.2, 0) is 28.7 Å². The second kappa shape index (κ2) is 16.5. The van der Waals surface area contributed by atoms with Crippen LogP contribution in [0.4, 0.5) is 0 Å². The van der Waals surface area contributed by atoms with Crippen molar-refractivity contribution in [2.45, 2.75) is 129 Å². The number of ether oxygens (including phenoxy) is 1. The van der Waals surface area contributed by atoms with Gasteiger partial charge in [0.05, 0.1) is 12.5 Å². The minimum Gasteiger partial charge on any atom is -0.460 e. The number of carbonyl (C=O) groups is 5. The first-order chi connectivity index (χ1) is 18.5. The lowest BCUT2D eigenvalue weighted by Gasteiger charge is -2.30. The summed E-state index contributed by atoms with van der Waals surface area (Å²) >= 11 is 0. The number of hydrogen-bond acceptors (Lipinski definition) is 8. The molecule has 1 heterocycles. The molecule has 0 spiro atoms. The zero-order valence-corrected chi connectivity index (χ0v) is 25.4. The van der Waals surface area contributed by atoms with Gasteiger partial charge in [0.25, 0.3) is 0 Å². The van der Waals surface area contributed by atoms with E-state index in [0.29, 0.717) is 51.6 Å². The zero-order chi connectivity index (χ0) is 30.6. The van der Waals surface area contributed by atoms with E-state index in [-0.39, 0.29) is 30.3 Å². The molecule has 1 rings (SSSR count). The van der Waals surface area contributed by atoms with Crippen molar-refractivity contribution in [3.8, 4) is 0 Å². The third kappa shape index (κ3) is 13.1. The van der Waals surface area contributed by atoms with E-state index in [9.17, 15) is 24.0 Å². The van der Waals surface area contributed by atoms with Gasteiger partial charge in [-0.2, -0.15) is 0 Å². The number of hydrogen-bond donors (Lipinski definition) is 5. The lowest BCUT2D eigenvalue weighted by atomic mass is 10.0. The molecule has 0 aromatic rings. The maximum Gasteiger partial charge on any atom is 0.307 e. The number of likely N-dealkylation sites (tertiary alicyclic amines) is 1. The van der Waals surface area contributed by atoms with Crippen molar-refractivity contribution in [2.24, 2.45) is 17.4 Å². The van der Waals surface area contributed by atoms with Gasteiger partial charge in [-0.15, -0.1) is 0 Å². The Bertz CT molecular complexity index is 874. The number of amides is 4. The second-order valence-corrected chi connectivity index (χ2v) is 12.3. The summed E-state index contributed by atoms with van der Waals surface area (Å²) in [5.74, 6) is -1.92. The molecule has 4 amide bonds. The van der Waals surface area contributed by atoms with Crippen LogP contribution in [0.5, 0.6) is 0 Å². The monoisotopic (exact) mass is 568 g/mol. The van der Waals surface area contributed by atoms with Crippen molar-refractivity contribution >= 4 is 29.6 Å². The fraction of sp³-hybridized carbons (Fsp3) is 0.821. The number of unbranched alkanes of at least 4 members (excludes halogenated alkanes) is 1. The number of carbonyl (C=O) groups excluding carboxylic acids is 5. The highest BCUT2D eigenvalue weighted by Crippen LogP contribution is 2.20. The van der Waals surface area contributed by atoms with Gasteiger partial charge >= 0.3 is 5.97 Å². The second-order valence-electron chi connectivity index (χ2n) is 12.3. The van der Waals surface area contributed by atoms with Crippen LogP contribution >= 0.6 is 0 Å². The Morgan fingerprint density at radius 1 is 1.02 bits per heavy atom. The summed E-state index contributed by atoms with van der Waals surface area (Å²) in [5, 5.41) is 8.68. The van der Waals surface area contributed by atoms with Gasteiger partial charge in [0.2, 0.25) is 23.6 Å². The molecular weight excluding hydrogens is 516 g/mol. The van der Waals surface area contributed by atoms with Crippen LogP contribution in [0.3, 0.4) is 0 Å². The van der Waals surface area contributed by atoms with Gasteiger partial charge < -0.3 is 37.1 Å². The molecule has 1 aliphatic rings. The van der Waals surface area contributed by atoms with Crippen LogP contribution in [0.15, 0.2) is 0 Å². The lowest BCUT2D eigenvalue weighted by Crippen LogP contribution is -2.56. The summed E-state index contributed by atoms with van der Waals surface area (Å²) in [7, 11) is 0. The number of nitrogens with one attached hydrogen (secondary N) is 3. The van der Waals surface area contributed by atoms with Crippen molar-refractivity contribution in [1.82, 2.24) is 20.9 Å². The number of esters is 1. The number of nitrogens with zero attached hydrogens (tertiary/aromatic N) is 1. The summed E-state index contributed by atoms with van der Waals surface area (Å²) < 4.78 is 5.36. The van der Waals surface area contributed by atoms with E-state index >= 15 is 0 Å². The first-order valence-corrected chi connectivity index (χ1v) is 14.4. The third-order valence-corrected chi connectivity index (χ3v) is 6.61. The molecule has 0 aliphatic carbocycles. The molecule has 1 fully saturated rings. The average Bonchev–Trinajstić information content (AvgIpc) is 3.30. The standard InChI is InChI=1S/C28H52N6O6/c1-17(2)15-20(29)25(37)33-21(11-8-9-13-31-18(3)16-23(35)40-28(5,6)7)27(39)34-14-10-12-22(34)26(38)32-19(4)24(30)36/h17-22,31H,8-16,29H2,1-7H3,(H2,30,36)(H,32,38)(H,33,37)/t18?,19-,20-,21-,22-/m1/s1. The Kier molecular flexibility index (Phi) is 14.6. The molecule has 5 atom stereocenters. The van der Waals surface area contributed by atoms with Crippen molar-refractivity contribution in [3.63, 3.8) is 0 Å². The average molecular weight is 569 g/mol. The van der Waals surface area contributed by atoms with E-state index in [1.165, 1.54) is 11.8 Å². The minimum atomic E-state index is -0.861. The van der Waals surface area contributed by atoms with Crippen LogP contribution in [0.1, 0.15) is 93.4 Å². The lowest BCUT2D eigenvalue weighted by molar-refractivity contribution is -0.155. The van der Waals surface area contributed by atoms with Gasteiger partial charge in [0.15, 0.2) is 0 Å². The van der Waals surface area contributed by atoms with E-state index in [4.69, 9.17) is 16.2 Å². The number of rotatable bonds is 16. The van der Waals surface area contributed by atoms with Crippen LogP contribution in [0.25, 0.3) is 0 Å². The molecule has 0 radical (unpaired) electrons. The van der Waals surface area contributed by atoms with Crippen LogP contribution in [0.2, 0.25) is 0 Å². The zero-order valence-electron chi connectivity index (χ0n) is 25.4. The molecule has 40 heavy (non-hydrogen) atoms. The maximum atomic E-state index is 13.6. The van der Waals surface area contributed by atoms with Gasteiger partial charge in [-0.05, 0) is 85.6 Å². The molecule has 0 saturated carbocycles. The molecule has 1 unspecified atom stereocenters. The Morgan fingerprint density at radius 3 is 2.25 bits per heavy atom. The molecule has 230 valence electrons. The van der Waals surface area contributed by atoms with Crippen LogP contribution in [-0.4, -0.2) is 83.4 Å². The van der Waals surface area contributed by atoms with Crippen molar-refractivity contribution in [2.75, 3.05) is 13.1 Å². The summed E-state index contributed by atoms with van der Waals surface area (Å²) in [6.07, 6.45) is 3.49. The minimum absolute atomic E-state index is 0.0762. The quantitative estimate of drug-likeness (QED) is 0.133. The molecule has 1 saturated heterocycles. The van der Waals surface area contributed by atoms with Gasteiger partial charge in [-0.25, -0.2) is 0 Å². The molecule has 1 aliphatic heterocycles. The van der Waals surface area contributed by atoms with Crippen molar-refractivity contribution in [1.29, 1.82) is 0 Å². The number of nitrogens with two attached hydrogens (primary N) is 2. The van der Waals surface area contributed by atoms with Gasteiger partial charge in [0, 0.05) is 12.6 Å². The Balaban J connectivity index is 2.79. The smallest absolute Gasteiger partial charge is 0.307 e. The number of primary amides is 1. The third-order valence-electron chi connectivity index (χ3n) is 6.61. The molecular formula is C28H52N6O6. The van der Waals surface area contributed by atoms with Gasteiger partial charge in [-0.3, -0.25) is 24.0 Å². The highest BCUT2D eigenvalue weighted by atomic mass is 16.6. The predicted octanol–water partition coefficient (Wildman–Crippen LogP) is 0.706. The Labute approximate surface area is 239 Å². The van der Waals surface area contributed by atoms with E-state index in [1.54, 1.807) is 0 Å². The summed E-state index contributed by atoms with van der Waals surface area (Å²) in [5.41, 5.74) is 10.8. The Morgan fingerprint density at radius 2 is 1.68 bits per heavy atom. The van der Waals surface area contributed by atoms with Crippen molar-refractivity contribution in [3.05, 3.63) is 0 Å². The summed E-state index contributed by atoms with van der Waals surface area (Å²) in [4.78, 5) is 64.1. The normalized spacial score (nSPS) is 18.5. The van der Waals surface area contributed by atoms with Crippen LogP contribution < -0.4 is 27.4 Å². The fourth-order valence-corrected chi connectivity index (χ4v) is 4.56. The summed E-state index contributed by atoms with van der Waals surface area (Å²) in [6.45, 7) is 13.8. The molecule has 0 aromatic carbocycles. The molecule has 12 heteroatoms. The Hall–Kier alpha value is -2.73. The van der Waals surface area contributed by atoms with Gasteiger partial charge in [0.1, 0.15) is 23.7 Å². The summed E-state index contributed by atoms with van der Waals surface area (Å²) in [6, 6.07) is -3.27. The van der Waals surface area contributed by atoms with E-state index < -0.39 is 47.5 Å². The SMILES string of the molecule is CC(C)C[C@@H](N)C(=O)N[C@H](CCCCNC(C)CC(=O)OC(C)(C)C)C(=O)N1CCC[C@@H]1C(=O)N[C@H](C)C(N)=O. The van der Waals surface area contributed by atoms with E-state index in [0.717, 1.165) is 0 Å². The topological polar surface area (TPSA) is 186 Å². The first kappa shape index (κ1) is 35.3. The highest BCUT2D eigenvalue weighted by Gasteiger charge is 2.38. The first-order valence-electron chi connectivity index (χ1n) is 14.4. The molecule has 7 N–H and O–H groups in total. The molecule has 0 bridgehead atoms. The van der Waals surface area contributed by atoms with Crippen molar-refractivity contribution < 1.29 is 28.7 Å².